The van der Waals surface area contributed by atoms with Crippen molar-refractivity contribution in [3.05, 3.63) is 35.7 Å². The van der Waals surface area contributed by atoms with Gasteiger partial charge in [0.1, 0.15) is 11.4 Å². The molecule has 7 nitrogen and oxygen atoms in total. The molecule has 0 atom stereocenters. The molecule has 0 fully saturated rings. The second-order valence-corrected chi connectivity index (χ2v) is 5.72. The number of benzene rings is 1. The number of nitrogens with two attached hydrogens (primary N) is 1. The van der Waals surface area contributed by atoms with E-state index in [9.17, 15) is 18.0 Å². The van der Waals surface area contributed by atoms with Gasteiger partial charge in [-0.2, -0.15) is 13.2 Å². The molecule has 1 amide bonds. The number of nitrogens with zero attached hydrogens (tertiary/aromatic N) is 3. The second kappa shape index (κ2) is 6.62. The lowest BCUT2D eigenvalue weighted by Gasteiger charge is -2.08. The number of nitrogens with one attached hydrogen (secondary N) is 2. The molecule has 0 radical (unpaired) electrons. The Morgan fingerprint density at radius 3 is 2.81 bits per heavy atom. The largest absolute Gasteiger partial charge is 0.390 e. The molecule has 2 aromatic heterocycles. The average molecular weight is 364 g/mol. The second-order valence-electron chi connectivity index (χ2n) is 5.72. The van der Waals surface area contributed by atoms with Gasteiger partial charge in [-0.1, -0.05) is 6.07 Å². The van der Waals surface area contributed by atoms with Gasteiger partial charge in [-0.15, -0.1) is 0 Å². The number of nitrogen functional groups attached to an aromatic ring is 1. The molecule has 3 rings (SSSR count). The van der Waals surface area contributed by atoms with Crippen molar-refractivity contribution in [1.82, 2.24) is 25.3 Å². The highest BCUT2D eigenvalue weighted by molar-refractivity contribution is 5.93. The Balaban J connectivity index is 1.86. The summed E-state index contributed by atoms with van der Waals surface area (Å²) in [6.45, 7) is 1.38. The van der Waals surface area contributed by atoms with Crippen LogP contribution in [0.25, 0.3) is 22.6 Å². The van der Waals surface area contributed by atoms with E-state index in [4.69, 9.17) is 5.73 Å². The summed E-state index contributed by atoms with van der Waals surface area (Å²) < 4.78 is 36.5. The van der Waals surface area contributed by atoms with Gasteiger partial charge < -0.3 is 16.0 Å². The molecular weight excluding hydrogens is 349 g/mol. The molecule has 0 unspecified atom stereocenters. The summed E-state index contributed by atoms with van der Waals surface area (Å²) in [6, 6.07) is 5.61. The first-order chi connectivity index (χ1) is 12.2. The van der Waals surface area contributed by atoms with Gasteiger partial charge >= 0.3 is 6.18 Å². The van der Waals surface area contributed by atoms with Crippen LogP contribution in [0.5, 0.6) is 0 Å². The van der Waals surface area contributed by atoms with Gasteiger partial charge in [0, 0.05) is 6.54 Å². The molecular formula is C16H15F3N6O. The van der Waals surface area contributed by atoms with Crippen molar-refractivity contribution in [3.63, 3.8) is 0 Å². The third kappa shape index (κ3) is 3.90. The normalized spacial score (nSPS) is 11.7. The van der Waals surface area contributed by atoms with Crippen LogP contribution in [0.2, 0.25) is 0 Å². The third-order valence-corrected chi connectivity index (χ3v) is 3.59. The van der Waals surface area contributed by atoms with Crippen LogP contribution in [-0.4, -0.2) is 38.6 Å². The Hall–Kier alpha value is -3.17. The minimum atomic E-state index is -4.35. The molecule has 10 heteroatoms. The number of hydrogen-bond acceptors (Lipinski definition) is 5. The van der Waals surface area contributed by atoms with E-state index in [1.165, 1.54) is 0 Å². The summed E-state index contributed by atoms with van der Waals surface area (Å²) in [5, 5.41) is 2.15. The molecule has 26 heavy (non-hydrogen) atoms. The average Bonchev–Trinajstić information content (AvgIpc) is 2.96. The van der Waals surface area contributed by atoms with E-state index >= 15 is 0 Å². The molecule has 1 aromatic carbocycles. The molecule has 136 valence electrons. The zero-order chi connectivity index (χ0) is 18.9. The van der Waals surface area contributed by atoms with Gasteiger partial charge in [-0.3, -0.25) is 4.79 Å². The first kappa shape index (κ1) is 17.6. The topological polar surface area (TPSA) is 110 Å². The number of aryl methyl sites for hydroxylation is 1. The quantitative estimate of drug-likeness (QED) is 0.659. The smallest absolute Gasteiger partial charge is 0.382 e. The van der Waals surface area contributed by atoms with Crippen LogP contribution in [0.1, 0.15) is 22.5 Å². The minimum Gasteiger partial charge on any atom is -0.382 e. The van der Waals surface area contributed by atoms with Crippen LogP contribution in [0.4, 0.5) is 19.0 Å². The van der Waals surface area contributed by atoms with E-state index in [0.29, 0.717) is 11.3 Å². The van der Waals surface area contributed by atoms with E-state index in [1.54, 1.807) is 0 Å². The summed E-state index contributed by atoms with van der Waals surface area (Å²) in [4.78, 5) is 27.4. The lowest BCUT2D eigenvalue weighted by atomic mass is 10.2. The fourth-order valence-electron chi connectivity index (χ4n) is 2.33. The molecule has 0 spiro atoms. The fraction of sp³-hybridized carbons (Fsp3) is 0.250. The first-order valence-corrected chi connectivity index (χ1v) is 7.67. The van der Waals surface area contributed by atoms with Gasteiger partial charge in [0.15, 0.2) is 11.6 Å². The lowest BCUT2D eigenvalue weighted by molar-refractivity contribution is -0.132. The van der Waals surface area contributed by atoms with Crippen LogP contribution in [0.3, 0.4) is 0 Å². The van der Waals surface area contributed by atoms with Crippen molar-refractivity contribution in [2.45, 2.75) is 19.5 Å². The number of carbonyl (C=O) groups is 1. The van der Waals surface area contributed by atoms with Crippen LogP contribution in [0.15, 0.2) is 24.4 Å². The Bertz CT molecular complexity index is 966. The lowest BCUT2D eigenvalue weighted by Crippen LogP contribution is -2.28. The minimum absolute atomic E-state index is 0.0487. The standard InChI is InChI=1S/C16H15F3N6O/c1-8-2-3-9-10(6-8)25-14(24-9)12-13(20)22-7-11(23-12)15(26)21-5-4-16(17,18)19/h2-3,6-7H,4-5H2,1H3,(H2,20,22)(H,21,26)(H,24,25). The highest BCUT2D eigenvalue weighted by Gasteiger charge is 2.27. The van der Waals surface area contributed by atoms with Crippen molar-refractivity contribution in [3.8, 4) is 11.5 Å². The summed E-state index contributed by atoms with van der Waals surface area (Å²) >= 11 is 0. The fourth-order valence-corrected chi connectivity index (χ4v) is 2.33. The summed E-state index contributed by atoms with van der Waals surface area (Å²) in [5.41, 5.74) is 8.31. The molecule has 0 bridgehead atoms. The predicted molar refractivity (Wildman–Crippen MR) is 89.3 cm³/mol. The number of rotatable bonds is 4. The molecule has 0 aliphatic rings. The number of hydrogen-bond donors (Lipinski definition) is 3. The Morgan fingerprint density at radius 2 is 2.08 bits per heavy atom. The Morgan fingerprint density at radius 1 is 1.31 bits per heavy atom. The molecule has 3 aromatic rings. The number of halogens is 3. The summed E-state index contributed by atoms with van der Waals surface area (Å²) in [6.07, 6.45) is -4.37. The zero-order valence-electron chi connectivity index (χ0n) is 13.7. The van der Waals surface area contributed by atoms with Gasteiger partial charge in [-0.05, 0) is 24.6 Å². The molecule has 2 heterocycles. The van der Waals surface area contributed by atoms with Crippen LogP contribution >= 0.6 is 0 Å². The highest BCUT2D eigenvalue weighted by Crippen LogP contribution is 2.23. The number of anilines is 1. The number of amides is 1. The van der Waals surface area contributed by atoms with Crippen molar-refractivity contribution in [2.24, 2.45) is 0 Å². The maximum Gasteiger partial charge on any atom is 0.390 e. The molecule has 0 saturated carbocycles. The molecule has 0 aliphatic heterocycles. The van der Waals surface area contributed by atoms with Gasteiger partial charge in [0.05, 0.1) is 23.7 Å². The number of H-pyrrole nitrogens is 1. The zero-order valence-corrected chi connectivity index (χ0v) is 13.7. The van der Waals surface area contributed by atoms with E-state index in [0.717, 1.165) is 17.3 Å². The third-order valence-electron chi connectivity index (χ3n) is 3.59. The Kier molecular flexibility index (Phi) is 4.49. The SMILES string of the molecule is Cc1ccc2nc(-c3nc(C(=O)NCCC(F)(F)F)cnc3N)[nH]c2c1. The first-order valence-electron chi connectivity index (χ1n) is 7.67. The van der Waals surface area contributed by atoms with Crippen LogP contribution in [-0.2, 0) is 0 Å². The summed E-state index contributed by atoms with van der Waals surface area (Å²) in [5.74, 6) is -0.400. The van der Waals surface area contributed by atoms with Gasteiger partial charge in [-0.25, -0.2) is 15.0 Å². The van der Waals surface area contributed by atoms with Crippen molar-refractivity contribution in [2.75, 3.05) is 12.3 Å². The van der Waals surface area contributed by atoms with Crippen LogP contribution in [0, 0.1) is 6.92 Å². The maximum absolute atomic E-state index is 12.2. The van der Waals surface area contributed by atoms with Crippen molar-refractivity contribution in [1.29, 1.82) is 0 Å². The van der Waals surface area contributed by atoms with Gasteiger partial charge in [0.2, 0.25) is 0 Å². The molecule has 0 aliphatic carbocycles. The monoisotopic (exact) mass is 364 g/mol. The number of carbonyl (C=O) groups excluding carboxylic acids is 1. The van der Waals surface area contributed by atoms with Crippen molar-refractivity contribution >= 4 is 22.8 Å². The van der Waals surface area contributed by atoms with Gasteiger partial charge in [0.25, 0.3) is 5.91 Å². The van der Waals surface area contributed by atoms with E-state index in [1.807, 2.05) is 25.1 Å². The Labute approximate surface area is 145 Å². The van der Waals surface area contributed by atoms with E-state index < -0.39 is 25.0 Å². The van der Waals surface area contributed by atoms with Crippen molar-refractivity contribution < 1.29 is 18.0 Å². The maximum atomic E-state index is 12.2. The predicted octanol–water partition coefficient (Wildman–Crippen LogP) is 2.59. The summed E-state index contributed by atoms with van der Waals surface area (Å²) in [7, 11) is 0. The highest BCUT2D eigenvalue weighted by atomic mass is 19.4. The number of alkyl halides is 3. The number of aromatic nitrogens is 4. The molecule has 4 N–H and O–H groups in total. The number of fused-ring (bicyclic) bond motifs is 1. The number of imidazole rings is 1. The van der Waals surface area contributed by atoms with E-state index in [2.05, 4.69) is 25.3 Å². The van der Waals surface area contributed by atoms with E-state index in [-0.39, 0.29) is 17.2 Å². The number of aromatic amines is 1. The molecule has 0 saturated heterocycles. The van der Waals surface area contributed by atoms with Crippen LogP contribution < -0.4 is 11.1 Å².